The molecule has 1 radical (unpaired) electrons. The number of imide groups is 1. The molecule has 10 heavy (non-hydrogen) atoms. The van der Waals surface area contributed by atoms with Crippen molar-refractivity contribution >= 4 is 11.8 Å². The van der Waals surface area contributed by atoms with Crippen molar-refractivity contribution < 1.29 is 9.59 Å². The number of carbonyl (C=O) groups is 2. The highest BCUT2D eigenvalue weighted by molar-refractivity contribution is 6.05. The molecule has 1 N–H and O–H groups in total. The second-order valence-corrected chi connectivity index (χ2v) is 2.86. The average Bonchev–Trinajstić information content (AvgIpc) is 2.09. The van der Waals surface area contributed by atoms with Crippen molar-refractivity contribution in [2.24, 2.45) is 5.41 Å². The highest BCUT2D eigenvalue weighted by Crippen LogP contribution is 2.29. The third kappa shape index (κ3) is 0.916. The Balaban J connectivity index is 2.80. The molecule has 1 fully saturated rings. The Labute approximate surface area is 59.8 Å². The van der Waals surface area contributed by atoms with Gasteiger partial charge in [-0.2, -0.15) is 0 Å². The Hall–Kier alpha value is -0.860. The van der Waals surface area contributed by atoms with Gasteiger partial charge in [-0.25, -0.2) is 0 Å². The monoisotopic (exact) mass is 140 g/mol. The topological polar surface area (TPSA) is 46.2 Å². The van der Waals surface area contributed by atoms with Gasteiger partial charge >= 0.3 is 0 Å². The van der Waals surface area contributed by atoms with Gasteiger partial charge in [0.2, 0.25) is 11.8 Å². The third-order valence-electron chi connectivity index (χ3n) is 1.90. The van der Waals surface area contributed by atoms with E-state index in [2.05, 4.69) is 12.2 Å². The zero-order chi connectivity index (χ0) is 7.78. The fourth-order valence-corrected chi connectivity index (χ4v) is 0.958. The van der Waals surface area contributed by atoms with Gasteiger partial charge in [-0.05, 0) is 6.42 Å². The Morgan fingerprint density at radius 3 is 2.50 bits per heavy atom. The van der Waals surface area contributed by atoms with Crippen LogP contribution in [0.3, 0.4) is 0 Å². The van der Waals surface area contributed by atoms with Crippen LogP contribution in [0.2, 0.25) is 0 Å². The summed E-state index contributed by atoms with van der Waals surface area (Å²) in [6, 6.07) is 0. The fraction of sp³-hybridized carbons (Fsp3) is 0.571. The van der Waals surface area contributed by atoms with Crippen molar-refractivity contribution in [3.63, 3.8) is 0 Å². The zero-order valence-electron chi connectivity index (χ0n) is 5.94. The second kappa shape index (κ2) is 2.08. The van der Waals surface area contributed by atoms with Gasteiger partial charge < -0.3 is 0 Å². The molecule has 55 valence electrons. The van der Waals surface area contributed by atoms with Gasteiger partial charge in [-0.1, -0.05) is 13.8 Å². The molecule has 0 aromatic rings. The van der Waals surface area contributed by atoms with E-state index < -0.39 is 5.41 Å². The fourth-order valence-electron chi connectivity index (χ4n) is 0.958. The quantitative estimate of drug-likeness (QED) is 0.531. The lowest BCUT2D eigenvalue weighted by atomic mass is 9.86. The van der Waals surface area contributed by atoms with Crippen LogP contribution in [0, 0.1) is 12.3 Å². The summed E-state index contributed by atoms with van der Waals surface area (Å²) in [5, 5.41) is 2.24. The largest absolute Gasteiger partial charge is 0.296 e. The number of nitrogens with one attached hydrogen (secondary N) is 1. The molecule has 0 spiro atoms. The standard InChI is InChI=1S/C7H10NO2/c1-3-7(2)4-5(9)8-6(7)10/h1,3-4H2,2H3,(H,8,9,10)/t7-/m0/s1. The minimum atomic E-state index is -0.545. The van der Waals surface area contributed by atoms with E-state index in [-0.39, 0.29) is 18.2 Å². The van der Waals surface area contributed by atoms with Crippen LogP contribution in [0.4, 0.5) is 0 Å². The summed E-state index contributed by atoms with van der Waals surface area (Å²) in [5.41, 5.74) is -0.545. The van der Waals surface area contributed by atoms with Gasteiger partial charge in [0.05, 0.1) is 5.41 Å². The summed E-state index contributed by atoms with van der Waals surface area (Å²) in [6.07, 6.45) is 0.764. The van der Waals surface area contributed by atoms with Gasteiger partial charge in [0.1, 0.15) is 0 Å². The van der Waals surface area contributed by atoms with E-state index in [0.29, 0.717) is 6.42 Å². The first-order valence-corrected chi connectivity index (χ1v) is 3.22. The van der Waals surface area contributed by atoms with Crippen LogP contribution >= 0.6 is 0 Å². The molecule has 1 heterocycles. The molecular formula is C7H10NO2. The Bertz CT molecular complexity index is 188. The Morgan fingerprint density at radius 2 is 2.30 bits per heavy atom. The van der Waals surface area contributed by atoms with Crippen LogP contribution < -0.4 is 5.32 Å². The molecule has 0 aromatic carbocycles. The van der Waals surface area contributed by atoms with Crippen LogP contribution in [0.5, 0.6) is 0 Å². The first-order chi connectivity index (χ1) is 4.58. The zero-order valence-corrected chi connectivity index (χ0v) is 5.94. The Kier molecular flexibility index (Phi) is 1.50. The molecule has 0 aromatic heterocycles. The van der Waals surface area contributed by atoms with Crippen LogP contribution in [-0.4, -0.2) is 11.8 Å². The maximum absolute atomic E-state index is 11.0. The van der Waals surface area contributed by atoms with Gasteiger partial charge in [0, 0.05) is 6.42 Å². The van der Waals surface area contributed by atoms with Crippen molar-refractivity contribution in [1.82, 2.24) is 5.32 Å². The molecule has 3 nitrogen and oxygen atoms in total. The van der Waals surface area contributed by atoms with Gasteiger partial charge in [-0.15, -0.1) is 0 Å². The lowest BCUT2D eigenvalue weighted by Gasteiger charge is -2.14. The molecule has 0 unspecified atom stereocenters. The summed E-state index contributed by atoms with van der Waals surface area (Å²) in [4.78, 5) is 21.6. The van der Waals surface area contributed by atoms with Crippen LogP contribution in [-0.2, 0) is 9.59 Å². The van der Waals surface area contributed by atoms with Crippen molar-refractivity contribution in [3.8, 4) is 0 Å². The molecular weight excluding hydrogens is 130 g/mol. The lowest BCUT2D eigenvalue weighted by Crippen LogP contribution is -2.28. The minimum absolute atomic E-state index is 0.184. The molecule has 1 atom stereocenters. The van der Waals surface area contributed by atoms with Crippen molar-refractivity contribution in [2.75, 3.05) is 0 Å². The molecule has 1 saturated heterocycles. The maximum Gasteiger partial charge on any atom is 0.233 e. The number of hydrogen-bond donors (Lipinski definition) is 1. The van der Waals surface area contributed by atoms with Crippen molar-refractivity contribution in [2.45, 2.75) is 19.8 Å². The van der Waals surface area contributed by atoms with E-state index in [4.69, 9.17) is 0 Å². The molecule has 1 aliphatic heterocycles. The van der Waals surface area contributed by atoms with Crippen LogP contribution in [0.1, 0.15) is 19.8 Å². The van der Waals surface area contributed by atoms with E-state index in [9.17, 15) is 9.59 Å². The molecule has 0 bridgehead atoms. The van der Waals surface area contributed by atoms with E-state index in [1.807, 2.05) is 0 Å². The van der Waals surface area contributed by atoms with Crippen molar-refractivity contribution in [3.05, 3.63) is 6.92 Å². The minimum Gasteiger partial charge on any atom is -0.296 e. The molecule has 1 aliphatic rings. The summed E-state index contributed by atoms with van der Waals surface area (Å²) in [6.45, 7) is 5.36. The van der Waals surface area contributed by atoms with Crippen LogP contribution in [0.15, 0.2) is 0 Å². The number of carbonyl (C=O) groups excluding carboxylic acids is 2. The van der Waals surface area contributed by atoms with E-state index in [1.165, 1.54) is 0 Å². The molecule has 0 aliphatic carbocycles. The van der Waals surface area contributed by atoms with E-state index >= 15 is 0 Å². The first kappa shape index (κ1) is 7.25. The third-order valence-corrected chi connectivity index (χ3v) is 1.90. The predicted octanol–water partition coefficient (Wildman–Crippen LogP) is 0.263. The molecule has 1 rings (SSSR count). The number of rotatable bonds is 1. The van der Waals surface area contributed by atoms with E-state index in [0.717, 1.165) is 0 Å². The first-order valence-electron chi connectivity index (χ1n) is 3.22. The summed E-state index contributed by atoms with van der Waals surface area (Å²) < 4.78 is 0. The summed E-state index contributed by atoms with van der Waals surface area (Å²) >= 11 is 0. The molecule has 2 amide bonds. The maximum atomic E-state index is 11.0. The Morgan fingerprint density at radius 1 is 1.70 bits per heavy atom. The summed E-state index contributed by atoms with van der Waals surface area (Å²) in [5.74, 6) is -0.372. The molecule has 3 heteroatoms. The number of amides is 2. The van der Waals surface area contributed by atoms with Gasteiger partial charge in [0.15, 0.2) is 0 Å². The highest BCUT2D eigenvalue weighted by atomic mass is 16.2. The summed E-state index contributed by atoms with van der Waals surface area (Å²) in [7, 11) is 0. The lowest BCUT2D eigenvalue weighted by molar-refractivity contribution is -0.128. The average molecular weight is 140 g/mol. The predicted molar refractivity (Wildman–Crippen MR) is 35.8 cm³/mol. The normalized spacial score (nSPS) is 32.6. The van der Waals surface area contributed by atoms with Crippen molar-refractivity contribution in [1.29, 1.82) is 0 Å². The second-order valence-electron chi connectivity index (χ2n) is 2.86. The molecule has 0 saturated carbocycles. The van der Waals surface area contributed by atoms with Gasteiger partial charge in [0.25, 0.3) is 0 Å². The van der Waals surface area contributed by atoms with Gasteiger partial charge in [-0.3, -0.25) is 14.9 Å². The van der Waals surface area contributed by atoms with Crippen LogP contribution in [0.25, 0.3) is 0 Å². The highest BCUT2D eigenvalue weighted by Gasteiger charge is 2.40. The smallest absolute Gasteiger partial charge is 0.233 e. The SMILES string of the molecule is [CH2]C[C@@]1(C)CC(=O)NC1=O. The van der Waals surface area contributed by atoms with E-state index in [1.54, 1.807) is 6.92 Å². The number of hydrogen-bond acceptors (Lipinski definition) is 2.